The lowest BCUT2D eigenvalue weighted by Crippen LogP contribution is -2.36. The van der Waals surface area contributed by atoms with Crippen LogP contribution in [0, 0.1) is 0 Å². The summed E-state index contributed by atoms with van der Waals surface area (Å²) in [5, 5.41) is -0.520. The van der Waals surface area contributed by atoms with Gasteiger partial charge >= 0.3 is 0 Å². The Labute approximate surface area is 172 Å². The average Bonchev–Trinajstić information content (AvgIpc) is 2.95. The van der Waals surface area contributed by atoms with Crippen molar-refractivity contribution >= 4 is 34.9 Å². The summed E-state index contributed by atoms with van der Waals surface area (Å²) in [4.78, 5) is 36.4. The minimum absolute atomic E-state index is 0.219. The van der Waals surface area contributed by atoms with Crippen LogP contribution in [0.2, 0.25) is 0 Å². The van der Waals surface area contributed by atoms with E-state index in [4.69, 9.17) is 15.2 Å². The van der Waals surface area contributed by atoms with Gasteiger partial charge in [-0.3, -0.25) is 19.3 Å². The summed E-state index contributed by atoms with van der Waals surface area (Å²) in [5.41, 5.74) is 6.79. The van der Waals surface area contributed by atoms with Crippen LogP contribution in [0.4, 0.5) is 4.79 Å². The van der Waals surface area contributed by atoms with E-state index in [1.54, 1.807) is 24.3 Å². The second-order valence-electron chi connectivity index (χ2n) is 6.15. The maximum absolute atomic E-state index is 12.3. The summed E-state index contributed by atoms with van der Waals surface area (Å²) < 4.78 is 11.5. The van der Waals surface area contributed by atoms with Crippen molar-refractivity contribution in [3.8, 4) is 11.5 Å². The quantitative estimate of drug-likeness (QED) is 0.669. The van der Waals surface area contributed by atoms with Gasteiger partial charge in [-0.2, -0.15) is 0 Å². The Balaban J connectivity index is 1.79. The van der Waals surface area contributed by atoms with E-state index in [2.05, 4.69) is 0 Å². The SMILES string of the molecule is CCOc1cc(/C=C2\SC(=O)N(CC(N)=O)C2=O)ccc1OCc1ccccc1. The van der Waals surface area contributed by atoms with Crippen LogP contribution in [0.1, 0.15) is 18.1 Å². The zero-order valence-electron chi connectivity index (χ0n) is 15.8. The molecule has 29 heavy (non-hydrogen) atoms. The molecule has 0 aliphatic carbocycles. The lowest BCUT2D eigenvalue weighted by molar-refractivity contribution is -0.127. The Morgan fingerprint density at radius 2 is 1.86 bits per heavy atom. The number of hydrogen-bond acceptors (Lipinski definition) is 6. The molecule has 2 aromatic rings. The van der Waals surface area contributed by atoms with Gasteiger partial charge in [-0.15, -0.1) is 0 Å². The fourth-order valence-electron chi connectivity index (χ4n) is 2.68. The van der Waals surface area contributed by atoms with Gasteiger partial charge in [0.1, 0.15) is 13.2 Å². The van der Waals surface area contributed by atoms with Crippen LogP contribution in [-0.4, -0.2) is 35.1 Å². The molecule has 0 saturated carbocycles. The highest BCUT2D eigenvalue weighted by atomic mass is 32.2. The van der Waals surface area contributed by atoms with Gasteiger partial charge in [0.25, 0.3) is 11.1 Å². The van der Waals surface area contributed by atoms with Crippen molar-refractivity contribution in [2.45, 2.75) is 13.5 Å². The van der Waals surface area contributed by atoms with Crippen molar-refractivity contribution in [3.63, 3.8) is 0 Å². The van der Waals surface area contributed by atoms with E-state index in [1.165, 1.54) is 0 Å². The van der Waals surface area contributed by atoms with Gasteiger partial charge in [-0.05, 0) is 48.0 Å². The summed E-state index contributed by atoms with van der Waals surface area (Å²) in [6.07, 6.45) is 1.58. The summed E-state index contributed by atoms with van der Waals surface area (Å²) in [5.74, 6) is -0.170. The molecule has 150 valence electrons. The van der Waals surface area contributed by atoms with Crippen molar-refractivity contribution in [3.05, 3.63) is 64.6 Å². The molecule has 1 heterocycles. The molecule has 0 bridgehead atoms. The number of hydrogen-bond donors (Lipinski definition) is 1. The second-order valence-corrected chi connectivity index (χ2v) is 7.14. The van der Waals surface area contributed by atoms with Gasteiger partial charge in [-0.1, -0.05) is 36.4 Å². The van der Waals surface area contributed by atoms with Crippen molar-refractivity contribution < 1.29 is 23.9 Å². The van der Waals surface area contributed by atoms with Gasteiger partial charge in [0.15, 0.2) is 11.5 Å². The standard InChI is InChI=1S/C21H20N2O5S/c1-2-27-17-10-15(8-9-16(17)28-13-14-6-4-3-5-7-14)11-18-20(25)23(12-19(22)24)21(26)29-18/h3-11H,2,12-13H2,1H3,(H2,22,24)/b18-11-. The van der Waals surface area contributed by atoms with E-state index < -0.39 is 23.6 Å². The molecule has 0 aromatic heterocycles. The molecule has 0 unspecified atom stereocenters. The number of rotatable bonds is 8. The second kappa shape index (κ2) is 9.29. The number of benzene rings is 2. The number of nitrogens with zero attached hydrogens (tertiary/aromatic N) is 1. The Bertz CT molecular complexity index is 959. The third-order valence-electron chi connectivity index (χ3n) is 3.99. The summed E-state index contributed by atoms with van der Waals surface area (Å²) in [6.45, 7) is 2.27. The first-order valence-corrected chi connectivity index (χ1v) is 9.77. The summed E-state index contributed by atoms with van der Waals surface area (Å²) in [6, 6.07) is 15.0. The van der Waals surface area contributed by atoms with Crippen LogP contribution < -0.4 is 15.2 Å². The Morgan fingerprint density at radius 3 is 2.55 bits per heavy atom. The third kappa shape index (κ3) is 5.17. The van der Waals surface area contributed by atoms with Crippen molar-refractivity contribution in [1.29, 1.82) is 0 Å². The first kappa shape index (κ1) is 20.5. The van der Waals surface area contributed by atoms with Crippen LogP contribution >= 0.6 is 11.8 Å². The number of amides is 3. The number of carbonyl (C=O) groups is 3. The molecule has 1 fully saturated rings. The van der Waals surface area contributed by atoms with Gasteiger partial charge in [0.05, 0.1) is 11.5 Å². The van der Waals surface area contributed by atoms with E-state index in [0.29, 0.717) is 30.3 Å². The smallest absolute Gasteiger partial charge is 0.294 e. The highest BCUT2D eigenvalue weighted by molar-refractivity contribution is 8.18. The first-order chi connectivity index (χ1) is 14.0. The van der Waals surface area contributed by atoms with Crippen LogP contribution in [0.3, 0.4) is 0 Å². The van der Waals surface area contributed by atoms with E-state index in [0.717, 1.165) is 22.2 Å². The van der Waals surface area contributed by atoms with E-state index in [9.17, 15) is 14.4 Å². The number of carbonyl (C=O) groups excluding carboxylic acids is 3. The maximum Gasteiger partial charge on any atom is 0.294 e. The molecule has 7 nitrogen and oxygen atoms in total. The molecule has 0 radical (unpaired) electrons. The highest BCUT2D eigenvalue weighted by Crippen LogP contribution is 2.34. The lowest BCUT2D eigenvalue weighted by atomic mass is 10.1. The molecule has 2 aromatic carbocycles. The Kier molecular flexibility index (Phi) is 6.56. The van der Waals surface area contributed by atoms with Gasteiger partial charge in [0, 0.05) is 0 Å². The minimum atomic E-state index is -0.743. The predicted molar refractivity (Wildman–Crippen MR) is 110 cm³/mol. The normalized spacial score (nSPS) is 15.1. The summed E-state index contributed by atoms with van der Waals surface area (Å²) >= 11 is 0.768. The minimum Gasteiger partial charge on any atom is -0.490 e. The zero-order chi connectivity index (χ0) is 20.8. The van der Waals surface area contributed by atoms with Crippen LogP contribution in [0.25, 0.3) is 6.08 Å². The average molecular weight is 412 g/mol. The number of ether oxygens (including phenoxy) is 2. The number of thioether (sulfide) groups is 1. The van der Waals surface area contributed by atoms with Crippen LogP contribution in [0.5, 0.6) is 11.5 Å². The summed E-state index contributed by atoms with van der Waals surface area (Å²) in [7, 11) is 0. The lowest BCUT2D eigenvalue weighted by Gasteiger charge is -2.13. The van der Waals surface area contributed by atoms with Gasteiger partial charge < -0.3 is 15.2 Å². The molecule has 1 saturated heterocycles. The van der Waals surface area contributed by atoms with Crippen molar-refractivity contribution in [2.24, 2.45) is 5.73 Å². The number of imide groups is 1. The molecule has 0 atom stereocenters. The van der Waals surface area contributed by atoms with Gasteiger partial charge in [-0.25, -0.2) is 0 Å². The fraction of sp³-hybridized carbons (Fsp3) is 0.190. The van der Waals surface area contributed by atoms with Crippen LogP contribution in [-0.2, 0) is 16.2 Å². The van der Waals surface area contributed by atoms with E-state index >= 15 is 0 Å². The van der Waals surface area contributed by atoms with Crippen LogP contribution in [0.15, 0.2) is 53.4 Å². The fourth-order valence-corrected chi connectivity index (χ4v) is 3.52. The Morgan fingerprint density at radius 1 is 1.10 bits per heavy atom. The van der Waals surface area contributed by atoms with Gasteiger partial charge in [0.2, 0.25) is 5.91 Å². The third-order valence-corrected chi connectivity index (χ3v) is 4.90. The highest BCUT2D eigenvalue weighted by Gasteiger charge is 2.35. The largest absolute Gasteiger partial charge is 0.490 e. The predicted octanol–water partition coefficient (Wildman–Crippen LogP) is 3.19. The monoisotopic (exact) mass is 412 g/mol. The zero-order valence-corrected chi connectivity index (χ0v) is 16.6. The maximum atomic E-state index is 12.3. The van der Waals surface area contributed by atoms with Crippen molar-refractivity contribution in [1.82, 2.24) is 4.90 Å². The topological polar surface area (TPSA) is 98.9 Å². The molecule has 2 N–H and O–H groups in total. The molecular weight excluding hydrogens is 392 g/mol. The molecule has 1 aliphatic heterocycles. The van der Waals surface area contributed by atoms with E-state index in [1.807, 2.05) is 37.3 Å². The Hall–Kier alpha value is -3.26. The molecule has 3 rings (SSSR count). The molecule has 0 spiro atoms. The molecule has 3 amide bonds. The molecule has 8 heteroatoms. The number of nitrogens with two attached hydrogens (primary N) is 1. The number of primary amides is 1. The molecule has 1 aliphatic rings. The van der Waals surface area contributed by atoms with Crippen molar-refractivity contribution in [2.75, 3.05) is 13.2 Å². The first-order valence-electron chi connectivity index (χ1n) is 8.95. The van der Waals surface area contributed by atoms with E-state index in [-0.39, 0.29) is 4.91 Å². The molecular formula is C21H20N2O5S.